The number of benzene rings is 2. The van der Waals surface area contributed by atoms with Crippen molar-refractivity contribution in [2.75, 3.05) is 0 Å². The second-order valence-corrected chi connectivity index (χ2v) is 4.31. The molecule has 0 aliphatic carbocycles. The highest BCUT2D eigenvalue weighted by Crippen LogP contribution is 2.25. The van der Waals surface area contributed by atoms with Crippen molar-refractivity contribution >= 4 is 5.69 Å². The summed E-state index contributed by atoms with van der Waals surface area (Å²) in [4.78, 5) is 10.3. The minimum absolute atomic E-state index is 0.0276. The van der Waals surface area contributed by atoms with E-state index < -0.39 is 4.92 Å². The number of nitrogens with zero attached hydrogens (tertiary/aromatic N) is 2. The normalized spacial score (nSPS) is 9.90. The Labute approximate surface area is 121 Å². The van der Waals surface area contributed by atoms with Gasteiger partial charge in [-0.1, -0.05) is 18.2 Å². The van der Waals surface area contributed by atoms with Crippen LogP contribution in [0.25, 0.3) is 0 Å². The van der Waals surface area contributed by atoms with Crippen molar-refractivity contribution in [3.8, 4) is 11.8 Å². The lowest BCUT2D eigenvalue weighted by atomic mass is 10.1. The summed E-state index contributed by atoms with van der Waals surface area (Å²) in [5.41, 5.74) is 7.40. The Bertz CT molecular complexity index is 708. The van der Waals surface area contributed by atoms with Gasteiger partial charge in [0.25, 0.3) is 5.69 Å². The first-order valence-electron chi connectivity index (χ1n) is 6.24. The number of nitro benzene ring substituents is 1. The van der Waals surface area contributed by atoms with E-state index in [9.17, 15) is 10.1 Å². The quantitative estimate of drug-likeness (QED) is 0.670. The lowest BCUT2D eigenvalue weighted by molar-refractivity contribution is -0.384. The summed E-state index contributed by atoms with van der Waals surface area (Å²) in [5.74, 6) is 0.482. The minimum atomic E-state index is -0.478. The Kier molecular flexibility index (Phi) is 4.49. The molecule has 0 unspecified atom stereocenters. The zero-order valence-corrected chi connectivity index (χ0v) is 11.2. The summed E-state index contributed by atoms with van der Waals surface area (Å²) in [7, 11) is 0. The molecule has 2 N–H and O–H groups in total. The van der Waals surface area contributed by atoms with Gasteiger partial charge < -0.3 is 10.5 Å². The molecule has 2 aromatic rings. The number of ether oxygens (including phenoxy) is 1. The van der Waals surface area contributed by atoms with E-state index in [1.165, 1.54) is 18.2 Å². The maximum atomic E-state index is 10.7. The van der Waals surface area contributed by atoms with Crippen LogP contribution >= 0.6 is 0 Å². The first-order valence-corrected chi connectivity index (χ1v) is 6.24. The maximum Gasteiger partial charge on any atom is 0.270 e. The van der Waals surface area contributed by atoms with E-state index in [0.29, 0.717) is 16.9 Å². The maximum absolute atomic E-state index is 10.7. The SMILES string of the molecule is N#Cc1ccccc1COc1ccc([N+](=O)[O-])cc1CN. The van der Waals surface area contributed by atoms with Crippen molar-refractivity contribution in [1.29, 1.82) is 5.26 Å². The van der Waals surface area contributed by atoms with Gasteiger partial charge in [0, 0.05) is 29.8 Å². The molecule has 2 rings (SSSR count). The minimum Gasteiger partial charge on any atom is -0.489 e. The van der Waals surface area contributed by atoms with Crippen LogP contribution in [0.3, 0.4) is 0 Å². The van der Waals surface area contributed by atoms with Gasteiger partial charge in [0.2, 0.25) is 0 Å². The van der Waals surface area contributed by atoms with Crippen molar-refractivity contribution < 1.29 is 9.66 Å². The summed E-state index contributed by atoms with van der Waals surface area (Å²) in [6, 6.07) is 13.5. The molecule has 0 amide bonds. The predicted molar refractivity (Wildman–Crippen MR) is 76.5 cm³/mol. The van der Waals surface area contributed by atoms with E-state index in [2.05, 4.69) is 6.07 Å². The third-order valence-corrected chi connectivity index (χ3v) is 3.00. The third-order valence-electron chi connectivity index (χ3n) is 3.00. The van der Waals surface area contributed by atoms with E-state index in [1.807, 2.05) is 6.07 Å². The summed E-state index contributed by atoms with van der Waals surface area (Å²) >= 11 is 0. The van der Waals surface area contributed by atoms with Crippen molar-refractivity contribution in [3.05, 3.63) is 69.3 Å². The molecule has 0 spiro atoms. The number of rotatable bonds is 5. The lowest BCUT2D eigenvalue weighted by Crippen LogP contribution is -2.04. The van der Waals surface area contributed by atoms with Crippen LogP contribution in [0.4, 0.5) is 5.69 Å². The molecule has 0 heterocycles. The van der Waals surface area contributed by atoms with E-state index in [0.717, 1.165) is 5.56 Å². The fourth-order valence-corrected chi connectivity index (χ4v) is 1.89. The first-order chi connectivity index (χ1) is 10.2. The van der Waals surface area contributed by atoms with Crippen LogP contribution in [0.5, 0.6) is 5.75 Å². The number of non-ortho nitro benzene ring substituents is 1. The van der Waals surface area contributed by atoms with Crippen molar-refractivity contribution in [1.82, 2.24) is 0 Å². The number of nitriles is 1. The summed E-state index contributed by atoms with van der Waals surface area (Å²) in [6.45, 7) is 0.339. The molecule has 0 bridgehead atoms. The van der Waals surface area contributed by atoms with Gasteiger partial charge in [-0.3, -0.25) is 10.1 Å². The van der Waals surface area contributed by atoms with Crippen LogP contribution in [0, 0.1) is 21.4 Å². The third kappa shape index (κ3) is 3.35. The molecule has 0 saturated heterocycles. The summed E-state index contributed by atoms with van der Waals surface area (Å²) in [6.07, 6.45) is 0. The number of hydrogen-bond donors (Lipinski definition) is 1. The Morgan fingerprint density at radius 3 is 2.67 bits per heavy atom. The Morgan fingerprint density at radius 2 is 2.00 bits per heavy atom. The molecule has 0 aromatic heterocycles. The highest BCUT2D eigenvalue weighted by molar-refractivity contribution is 5.44. The van der Waals surface area contributed by atoms with Crippen molar-refractivity contribution in [2.45, 2.75) is 13.2 Å². The molecule has 2 aromatic carbocycles. The van der Waals surface area contributed by atoms with E-state index in [-0.39, 0.29) is 18.8 Å². The molecule has 106 valence electrons. The van der Waals surface area contributed by atoms with Gasteiger partial charge in [0.15, 0.2) is 0 Å². The molecular weight excluding hydrogens is 270 g/mol. The van der Waals surface area contributed by atoms with Crippen molar-refractivity contribution in [3.63, 3.8) is 0 Å². The van der Waals surface area contributed by atoms with Crippen LogP contribution in [-0.2, 0) is 13.2 Å². The molecule has 0 radical (unpaired) electrons. The average Bonchev–Trinajstić information content (AvgIpc) is 2.52. The molecule has 0 aliphatic rings. The first kappa shape index (κ1) is 14.5. The monoisotopic (exact) mass is 283 g/mol. The lowest BCUT2D eigenvalue weighted by Gasteiger charge is -2.11. The molecule has 0 saturated carbocycles. The molecule has 6 heteroatoms. The van der Waals surface area contributed by atoms with Crippen LogP contribution in [0.2, 0.25) is 0 Å². The number of hydrogen-bond acceptors (Lipinski definition) is 5. The summed E-state index contributed by atoms with van der Waals surface area (Å²) < 4.78 is 5.64. The van der Waals surface area contributed by atoms with Gasteiger partial charge in [-0.2, -0.15) is 5.26 Å². The zero-order chi connectivity index (χ0) is 15.2. The van der Waals surface area contributed by atoms with E-state index in [4.69, 9.17) is 15.7 Å². The summed E-state index contributed by atoms with van der Waals surface area (Å²) in [5, 5.41) is 19.7. The Hall–Kier alpha value is -2.91. The molecule has 21 heavy (non-hydrogen) atoms. The van der Waals surface area contributed by atoms with Gasteiger partial charge in [-0.05, 0) is 12.1 Å². The van der Waals surface area contributed by atoms with Crippen molar-refractivity contribution in [2.24, 2.45) is 5.73 Å². The fraction of sp³-hybridized carbons (Fsp3) is 0.133. The van der Waals surface area contributed by atoms with Gasteiger partial charge in [0.05, 0.1) is 16.6 Å². The molecule has 6 nitrogen and oxygen atoms in total. The second-order valence-electron chi connectivity index (χ2n) is 4.31. The molecule has 0 atom stereocenters. The van der Waals surface area contributed by atoms with E-state index in [1.54, 1.807) is 18.2 Å². The smallest absolute Gasteiger partial charge is 0.270 e. The topological polar surface area (TPSA) is 102 Å². The number of nitro groups is 1. The van der Waals surface area contributed by atoms with E-state index >= 15 is 0 Å². The highest BCUT2D eigenvalue weighted by Gasteiger charge is 2.11. The highest BCUT2D eigenvalue weighted by atomic mass is 16.6. The Morgan fingerprint density at radius 1 is 1.24 bits per heavy atom. The zero-order valence-electron chi connectivity index (χ0n) is 11.2. The van der Waals surface area contributed by atoms with Crippen LogP contribution < -0.4 is 10.5 Å². The average molecular weight is 283 g/mol. The van der Waals surface area contributed by atoms with Crippen LogP contribution in [0.15, 0.2) is 42.5 Å². The number of nitrogens with two attached hydrogens (primary N) is 1. The predicted octanol–water partition coefficient (Wildman–Crippen LogP) is 2.50. The van der Waals surface area contributed by atoms with Gasteiger partial charge >= 0.3 is 0 Å². The standard InChI is InChI=1S/C15H13N3O3/c16-8-11-3-1-2-4-12(11)10-21-15-6-5-14(18(19)20)7-13(15)9-17/h1-7H,9-10,17H2. The van der Waals surface area contributed by atoms with Crippen LogP contribution in [0.1, 0.15) is 16.7 Å². The van der Waals surface area contributed by atoms with Gasteiger partial charge in [-0.15, -0.1) is 0 Å². The largest absolute Gasteiger partial charge is 0.489 e. The molecule has 0 fully saturated rings. The molecule has 0 aliphatic heterocycles. The molecular formula is C15H13N3O3. The second kappa shape index (κ2) is 6.50. The van der Waals surface area contributed by atoms with Crippen LogP contribution in [-0.4, -0.2) is 4.92 Å². The Balaban J connectivity index is 2.20. The van der Waals surface area contributed by atoms with Gasteiger partial charge in [0.1, 0.15) is 12.4 Å². The fourth-order valence-electron chi connectivity index (χ4n) is 1.89. The van der Waals surface area contributed by atoms with Gasteiger partial charge in [-0.25, -0.2) is 0 Å².